The molecule has 0 aliphatic heterocycles. The lowest BCUT2D eigenvalue weighted by atomic mass is 10.1. The molecule has 0 saturated heterocycles. The first-order valence-corrected chi connectivity index (χ1v) is 8.76. The van der Waals surface area contributed by atoms with Crippen LogP contribution in [0.2, 0.25) is 0 Å². The van der Waals surface area contributed by atoms with Crippen molar-refractivity contribution in [2.75, 3.05) is 12.4 Å². The van der Waals surface area contributed by atoms with Gasteiger partial charge >= 0.3 is 0 Å². The molecule has 0 saturated carbocycles. The fourth-order valence-corrected chi connectivity index (χ4v) is 2.70. The first-order chi connectivity index (χ1) is 13.1. The number of aromatic nitrogens is 1. The molecule has 3 rings (SSSR count). The summed E-state index contributed by atoms with van der Waals surface area (Å²) in [6.45, 7) is 4.58. The van der Waals surface area contributed by atoms with Gasteiger partial charge in [0.2, 0.25) is 0 Å². The first-order valence-electron chi connectivity index (χ1n) is 8.76. The first kappa shape index (κ1) is 18.5. The molecule has 1 heterocycles. The van der Waals surface area contributed by atoms with E-state index < -0.39 is 0 Å². The van der Waals surface area contributed by atoms with Gasteiger partial charge in [-0.1, -0.05) is 24.3 Å². The number of nitrogens with zero attached hydrogens (tertiary/aromatic N) is 1. The number of anilines is 2. The molecular weight excluding hydrogens is 338 g/mol. The molecule has 0 radical (unpaired) electrons. The largest absolute Gasteiger partial charge is 0.497 e. The molecule has 1 amide bonds. The highest BCUT2D eigenvalue weighted by Gasteiger charge is 2.08. The summed E-state index contributed by atoms with van der Waals surface area (Å²) in [5, 5.41) is 6.26. The van der Waals surface area contributed by atoms with E-state index in [0.717, 1.165) is 22.7 Å². The molecule has 0 bridgehead atoms. The van der Waals surface area contributed by atoms with Crippen molar-refractivity contribution in [1.29, 1.82) is 0 Å². The molecule has 27 heavy (non-hydrogen) atoms. The van der Waals surface area contributed by atoms with Crippen LogP contribution in [0, 0.1) is 13.8 Å². The van der Waals surface area contributed by atoms with Gasteiger partial charge in [0, 0.05) is 18.4 Å². The van der Waals surface area contributed by atoms with Crippen LogP contribution in [0.4, 0.5) is 11.4 Å². The van der Waals surface area contributed by atoms with E-state index in [1.165, 1.54) is 11.1 Å². The molecule has 0 atom stereocenters. The summed E-state index contributed by atoms with van der Waals surface area (Å²) in [5.74, 6) is 0.627. The van der Waals surface area contributed by atoms with E-state index in [0.29, 0.717) is 12.1 Å². The van der Waals surface area contributed by atoms with Crippen LogP contribution in [0.3, 0.4) is 0 Å². The van der Waals surface area contributed by atoms with E-state index in [4.69, 9.17) is 4.74 Å². The lowest BCUT2D eigenvalue weighted by molar-refractivity contribution is 0.0950. The van der Waals surface area contributed by atoms with Gasteiger partial charge in [-0.25, -0.2) is 0 Å². The van der Waals surface area contributed by atoms with E-state index in [1.807, 2.05) is 36.4 Å². The number of pyridine rings is 1. The van der Waals surface area contributed by atoms with E-state index in [-0.39, 0.29) is 5.91 Å². The Morgan fingerprint density at radius 1 is 1.07 bits per heavy atom. The molecule has 0 fully saturated rings. The summed E-state index contributed by atoms with van der Waals surface area (Å²) in [6.07, 6.45) is 3.28. The van der Waals surface area contributed by atoms with E-state index >= 15 is 0 Å². The molecule has 5 nitrogen and oxygen atoms in total. The molecule has 2 aromatic carbocycles. The van der Waals surface area contributed by atoms with Gasteiger partial charge in [0.1, 0.15) is 5.75 Å². The van der Waals surface area contributed by atoms with Gasteiger partial charge in [-0.3, -0.25) is 9.78 Å². The third kappa shape index (κ3) is 4.64. The summed E-state index contributed by atoms with van der Waals surface area (Å²) < 4.78 is 5.14. The predicted octanol–water partition coefficient (Wildman–Crippen LogP) is 4.38. The topological polar surface area (TPSA) is 63.2 Å². The van der Waals surface area contributed by atoms with E-state index in [2.05, 4.69) is 35.5 Å². The fraction of sp³-hybridized carbons (Fsp3) is 0.182. The summed E-state index contributed by atoms with van der Waals surface area (Å²) in [5.41, 5.74) is 5.68. The molecule has 1 aromatic heterocycles. The molecule has 2 N–H and O–H groups in total. The van der Waals surface area contributed by atoms with Crippen molar-refractivity contribution in [2.24, 2.45) is 0 Å². The van der Waals surface area contributed by atoms with Crippen molar-refractivity contribution in [3.8, 4) is 5.75 Å². The Morgan fingerprint density at radius 2 is 1.85 bits per heavy atom. The summed E-state index contributed by atoms with van der Waals surface area (Å²) >= 11 is 0. The zero-order chi connectivity index (χ0) is 19.2. The number of carbonyl (C=O) groups is 1. The zero-order valence-electron chi connectivity index (χ0n) is 15.7. The molecule has 3 aromatic rings. The molecule has 138 valence electrons. The Morgan fingerprint density at radius 3 is 2.59 bits per heavy atom. The Labute approximate surface area is 159 Å². The number of methoxy groups -OCH3 is 1. The highest BCUT2D eigenvalue weighted by molar-refractivity contribution is 5.94. The summed E-state index contributed by atoms with van der Waals surface area (Å²) in [4.78, 5) is 16.7. The number of carbonyl (C=O) groups excluding carboxylic acids is 1. The number of rotatable bonds is 6. The Bertz CT molecular complexity index is 937. The number of nitrogens with one attached hydrogen (secondary N) is 2. The van der Waals surface area contributed by atoms with E-state index in [1.54, 1.807) is 25.6 Å². The standard InChI is InChI=1S/C22H23N3O2/c1-15-5-4-6-21(16(15)2)25-19-11-18(13-23-14-19)22(26)24-12-17-7-9-20(27-3)10-8-17/h4-11,13-14,25H,12H2,1-3H3,(H,24,26). The van der Waals surface area contributed by atoms with Gasteiger partial charge in [0.15, 0.2) is 0 Å². The average Bonchev–Trinajstić information content (AvgIpc) is 2.70. The van der Waals surface area contributed by atoms with Crippen molar-refractivity contribution in [3.05, 3.63) is 83.2 Å². The van der Waals surface area contributed by atoms with Crippen molar-refractivity contribution in [3.63, 3.8) is 0 Å². The lowest BCUT2D eigenvalue weighted by Gasteiger charge is -2.12. The third-order valence-electron chi connectivity index (χ3n) is 4.50. The Balaban J connectivity index is 1.67. The number of aryl methyl sites for hydroxylation is 1. The quantitative estimate of drug-likeness (QED) is 0.684. The molecular formula is C22H23N3O2. The minimum absolute atomic E-state index is 0.164. The normalized spacial score (nSPS) is 10.3. The van der Waals surface area contributed by atoms with Crippen molar-refractivity contribution in [2.45, 2.75) is 20.4 Å². The summed E-state index contributed by atoms with van der Waals surface area (Å²) in [7, 11) is 1.63. The second-order valence-corrected chi connectivity index (χ2v) is 6.37. The van der Waals surface area contributed by atoms with Crippen LogP contribution in [0.25, 0.3) is 0 Å². The average molecular weight is 361 g/mol. The highest BCUT2D eigenvalue weighted by atomic mass is 16.5. The number of amides is 1. The minimum atomic E-state index is -0.164. The minimum Gasteiger partial charge on any atom is -0.497 e. The second-order valence-electron chi connectivity index (χ2n) is 6.37. The number of ether oxygens (including phenoxy) is 1. The van der Waals surface area contributed by atoms with Crippen LogP contribution in [0.5, 0.6) is 5.75 Å². The highest BCUT2D eigenvalue weighted by Crippen LogP contribution is 2.22. The number of hydrogen-bond acceptors (Lipinski definition) is 4. The second kappa shape index (κ2) is 8.36. The molecule has 0 aliphatic carbocycles. The van der Waals surface area contributed by atoms with Gasteiger partial charge in [0.25, 0.3) is 5.91 Å². The fourth-order valence-electron chi connectivity index (χ4n) is 2.70. The third-order valence-corrected chi connectivity index (χ3v) is 4.50. The maximum atomic E-state index is 12.5. The van der Waals surface area contributed by atoms with Gasteiger partial charge in [-0.05, 0) is 54.8 Å². The maximum absolute atomic E-state index is 12.5. The van der Waals surface area contributed by atoms with Crippen molar-refractivity contribution >= 4 is 17.3 Å². The van der Waals surface area contributed by atoms with Crippen LogP contribution >= 0.6 is 0 Å². The van der Waals surface area contributed by atoms with Crippen LogP contribution in [-0.4, -0.2) is 18.0 Å². The number of benzene rings is 2. The Hall–Kier alpha value is -3.34. The van der Waals surface area contributed by atoms with E-state index in [9.17, 15) is 4.79 Å². The molecule has 5 heteroatoms. The molecule has 0 unspecified atom stereocenters. The number of hydrogen-bond donors (Lipinski definition) is 2. The van der Waals surface area contributed by atoms with Gasteiger partial charge in [-0.2, -0.15) is 0 Å². The lowest BCUT2D eigenvalue weighted by Crippen LogP contribution is -2.23. The van der Waals surface area contributed by atoms with Gasteiger partial charge in [0.05, 0.1) is 24.6 Å². The summed E-state index contributed by atoms with van der Waals surface area (Å²) in [6, 6.07) is 15.5. The van der Waals surface area contributed by atoms with Crippen LogP contribution in [-0.2, 0) is 6.54 Å². The SMILES string of the molecule is COc1ccc(CNC(=O)c2cncc(Nc3cccc(C)c3C)c2)cc1. The van der Waals surface area contributed by atoms with Crippen LogP contribution in [0.15, 0.2) is 60.9 Å². The Kier molecular flexibility index (Phi) is 5.71. The van der Waals surface area contributed by atoms with Crippen LogP contribution in [0.1, 0.15) is 27.0 Å². The van der Waals surface area contributed by atoms with Crippen molar-refractivity contribution in [1.82, 2.24) is 10.3 Å². The predicted molar refractivity (Wildman–Crippen MR) is 108 cm³/mol. The zero-order valence-corrected chi connectivity index (χ0v) is 15.7. The monoisotopic (exact) mass is 361 g/mol. The molecule has 0 aliphatic rings. The van der Waals surface area contributed by atoms with Crippen LogP contribution < -0.4 is 15.4 Å². The van der Waals surface area contributed by atoms with Crippen molar-refractivity contribution < 1.29 is 9.53 Å². The van der Waals surface area contributed by atoms with Gasteiger partial charge in [-0.15, -0.1) is 0 Å². The molecule has 0 spiro atoms. The maximum Gasteiger partial charge on any atom is 0.253 e. The van der Waals surface area contributed by atoms with Gasteiger partial charge < -0.3 is 15.4 Å². The smallest absolute Gasteiger partial charge is 0.253 e.